The van der Waals surface area contributed by atoms with E-state index in [1.807, 2.05) is 0 Å². The number of nitrogens with zero attached hydrogens (tertiary/aromatic N) is 1. The molecule has 0 bridgehead atoms. The van der Waals surface area contributed by atoms with E-state index in [-0.39, 0.29) is 5.91 Å². The summed E-state index contributed by atoms with van der Waals surface area (Å²) in [6.07, 6.45) is 1.13. The molecule has 1 N–H and O–H groups in total. The largest absolute Gasteiger partial charge is 0.322 e. The molecule has 23 heavy (non-hydrogen) atoms. The van der Waals surface area contributed by atoms with Crippen LogP contribution >= 0.6 is 11.6 Å². The summed E-state index contributed by atoms with van der Waals surface area (Å²) in [6.45, 7) is 1.76. The van der Waals surface area contributed by atoms with Crippen LogP contribution in [0.15, 0.2) is 42.5 Å². The first-order valence-corrected chi connectivity index (χ1v) is 9.02. The lowest BCUT2D eigenvalue weighted by Gasteiger charge is -2.19. The first-order valence-electron chi connectivity index (χ1n) is 6.80. The SMILES string of the molecule is Cc1cc(C(=O)Nc2ccc(Cl)cc2)ccc1N(C)S(C)(=O)=O. The highest BCUT2D eigenvalue weighted by atomic mass is 35.5. The lowest BCUT2D eigenvalue weighted by Crippen LogP contribution is -2.25. The molecule has 0 unspecified atom stereocenters. The molecule has 0 fully saturated rings. The van der Waals surface area contributed by atoms with Crippen molar-refractivity contribution in [2.45, 2.75) is 6.92 Å². The zero-order valence-electron chi connectivity index (χ0n) is 13.0. The normalized spacial score (nSPS) is 11.1. The number of carbonyl (C=O) groups is 1. The first-order chi connectivity index (χ1) is 10.7. The molecule has 0 radical (unpaired) electrons. The third-order valence-electron chi connectivity index (χ3n) is 3.40. The predicted molar refractivity (Wildman–Crippen MR) is 93.8 cm³/mol. The monoisotopic (exact) mass is 352 g/mol. The van der Waals surface area contributed by atoms with Crippen LogP contribution in [-0.2, 0) is 10.0 Å². The molecule has 0 saturated heterocycles. The topological polar surface area (TPSA) is 66.5 Å². The fourth-order valence-corrected chi connectivity index (χ4v) is 2.75. The Kier molecular flexibility index (Phi) is 4.97. The predicted octanol–water partition coefficient (Wildman–Crippen LogP) is 3.30. The number of halogens is 1. The zero-order chi connectivity index (χ0) is 17.2. The first kappa shape index (κ1) is 17.3. The summed E-state index contributed by atoms with van der Waals surface area (Å²) in [5.74, 6) is -0.274. The second-order valence-electron chi connectivity index (χ2n) is 5.19. The van der Waals surface area contributed by atoms with Crippen molar-refractivity contribution in [3.05, 3.63) is 58.6 Å². The van der Waals surface area contributed by atoms with Gasteiger partial charge in [-0.2, -0.15) is 0 Å². The van der Waals surface area contributed by atoms with Crippen LogP contribution in [0.3, 0.4) is 0 Å². The van der Waals surface area contributed by atoms with Gasteiger partial charge in [-0.15, -0.1) is 0 Å². The van der Waals surface area contributed by atoms with E-state index in [4.69, 9.17) is 11.6 Å². The molecule has 0 atom stereocenters. The van der Waals surface area contributed by atoms with Crippen LogP contribution in [0.5, 0.6) is 0 Å². The number of anilines is 2. The lowest BCUT2D eigenvalue weighted by molar-refractivity contribution is 0.102. The fraction of sp³-hybridized carbons (Fsp3) is 0.188. The van der Waals surface area contributed by atoms with Crippen molar-refractivity contribution in [1.82, 2.24) is 0 Å². The summed E-state index contributed by atoms with van der Waals surface area (Å²) in [6, 6.07) is 11.7. The molecule has 0 saturated carbocycles. The van der Waals surface area contributed by atoms with E-state index in [2.05, 4.69) is 5.32 Å². The van der Waals surface area contributed by atoms with Gasteiger partial charge in [0.05, 0.1) is 11.9 Å². The minimum Gasteiger partial charge on any atom is -0.322 e. The molecule has 2 aromatic carbocycles. The van der Waals surface area contributed by atoms with Crippen LogP contribution in [-0.4, -0.2) is 27.6 Å². The number of hydrogen-bond donors (Lipinski definition) is 1. The highest BCUT2D eigenvalue weighted by molar-refractivity contribution is 7.92. The van der Waals surface area contributed by atoms with Crippen molar-refractivity contribution in [3.8, 4) is 0 Å². The molecule has 0 aliphatic heterocycles. The van der Waals surface area contributed by atoms with Gasteiger partial charge in [0.2, 0.25) is 10.0 Å². The molecule has 0 aliphatic rings. The molecule has 0 heterocycles. The van der Waals surface area contributed by atoms with E-state index in [0.29, 0.717) is 27.5 Å². The van der Waals surface area contributed by atoms with Gasteiger partial charge in [0, 0.05) is 23.3 Å². The van der Waals surface area contributed by atoms with E-state index >= 15 is 0 Å². The van der Waals surface area contributed by atoms with E-state index < -0.39 is 10.0 Å². The highest BCUT2D eigenvalue weighted by Crippen LogP contribution is 2.23. The van der Waals surface area contributed by atoms with Crippen molar-refractivity contribution in [1.29, 1.82) is 0 Å². The zero-order valence-corrected chi connectivity index (χ0v) is 14.6. The standard InChI is InChI=1S/C16H17ClN2O3S/c1-11-10-12(4-9-15(11)19(2)23(3,21)22)16(20)18-14-7-5-13(17)6-8-14/h4-10H,1-3H3,(H,18,20). The number of aryl methyl sites for hydroxylation is 1. The Labute approximate surface area is 140 Å². The van der Waals surface area contributed by atoms with E-state index in [9.17, 15) is 13.2 Å². The maximum Gasteiger partial charge on any atom is 0.255 e. The van der Waals surface area contributed by atoms with Gasteiger partial charge in [0.25, 0.3) is 5.91 Å². The minimum absolute atomic E-state index is 0.274. The van der Waals surface area contributed by atoms with Gasteiger partial charge in [-0.1, -0.05) is 11.6 Å². The van der Waals surface area contributed by atoms with Crippen LogP contribution in [0.25, 0.3) is 0 Å². The summed E-state index contributed by atoms with van der Waals surface area (Å²) >= 11 is 5.80. The second-order valence-corrected chi connectivity index (χ2v) is 7.64. The van der Waals surface area contributed by atoms with Crippen LogP contribution in [0.4, 0.5) is 11.4 Å². The molecule has 1 amide bonds. The van der Waals surface area contributed by atoms with Crippen LogP contribution in [0.2, 0.25) is 5.02 Å². The van der Waals surface area contributed by atoms with E-state index in [1.54, 1.807) is 49.4 Å². The van der Waals surface area contributed by atoms with Crippen molar-refractivity contribution >= 4 is 38.9 Å². The number of amides is 1. The summed E-state index contributed by atoms with van der Waals surface area (Å²) in [5, 5.41) is 3.35. The Hall–Kier alpha value is -2.05. The molecular formula is C16H17ClN2O3S. The Bertz CT molecular complexity index is 833. The van der Waals surface area contributed by atoms with Crippen molar-refractivity contribution in [2.24, 2.45) is 0 Å². The number of sulfonamides is 1. The van der Waals surface area contributed by atoms with Crippen molar-refractivity contribution in [3.63, 3.8) is 0 Å². The summed E-state index contributed by atoms with van der Waals surface area (Å²) < 4.78 is 24.4. The molecule has 0 aromatic heterocycles. The smallest absolute Gasteiger partial charge is 0.255 e. The van der Waals surface area contributed by atoms with Gasteiger partial charge in [0.1, 0.15) is 0 Å². The molecule has 2 rings (SSSR count). The molecule has 0 spiro atoms. The van der Waals surface area contributed by atoms with Crippen molar-refractivity contribution < 1.29 is 13.2 Å². The molecule has 2 aromatic rings. The Morgan fingerprint density at radius 2 is 1.74 bits per heavy atom. The number of hydrogen-bond acceptors (Lipinski definition) is 3. The molecule has 7 heteroatoms. The van der Waals surface area contributed by atoms with Crippen LogP contribution < -0.4 is 9.62 Å². The summed E-state index contributed by atoms with van der Waals surface area (Å²) in [7, 11) is -1.87. The summed E-state index contributed by atoms with van der Waals surface area (Å²) in [4.78, 5) is 12.3. The van der Waals surface area contributed by atoms with Crippen LogP contribution in [0, 0.1) is 6.92 Å². The van der Waals surface area contributed by atoms with Gasteiger partial charge < -0.3 is 5.32 Å². The third-order valence-corrected chi connectivity index (χ3v) is 4.84. The van der Waals surface area contributed by atoms with Gasteiger partial charge in [-0.3, -0.25) is 9.10 Å². The minimum atomic E-state index is -3.34. The molecule has 5 nitrogen and oxygen atoms in total. The number of carbonyl (C=O) groups excluding carboxylic acids is 1. The highest BCUT2D eigenvalue weighted by Gasteiger charge is 2.16. The average molecular weight is 353 g/mol. The molecular weight excluding hydrogens is 336 g/mol. The second kappa shape index (κ2) is 6.60. The third kappa shape index (κ3) is 4.24. The Morgan fingerprint density at radius 1 is 1.13 bits per heavy atom. The van der Waals surface area contributed by atoms with Crippen molar-refractivity contribution in [2.75, 3.05) is 22.9 Å². The van der Waals surface area contributed by atoms with Gasteiger partial charge >= 0.3 is 0 Å². The van der Waals surface area contributed by atoms with E-state index in [0.717, 1.165) is 6.26 Å². The van der Waals surface area contributed by atoms with Gasteiger partial charge in [-0.25, -0.2) is 8.42 Å². The average Bonchev–Trinajstić information content (AvgIpc) is 2.48. The fourth-order valence-electron chi connectivity index (χ4n) is 2.07. The maximum atomic E-state index is 12.3. The Balaban J connectivity index is 2.22. The molecule has 0 aliphatic carbocycles. The van der Waals surface area contributed by atoms with Crippen LogP contribution in [0.1, 0.15) is 15.9 Å². The number of benzene rings is 2. The maximum absolute atomic E-state index is 12.3. The molecule has 122 valence electrons. The number of nitrogens with one attached hydrogen (secondary N) is 1. The van der Waals surface area contributed by atoms with E-state index in [1.165, 1.54) is 11.4 Å². The number of rotatable bonds is 4. The quantitative estimate of drug-likeness (QED) is 0.918. The van der Waals surface area contributed by atoms with Gasteiger partial charge in [-0.05, 0) is 55.0 Å². The Morgan fingerprint density at radius 3 is 2.26 bits per heavy atom. The summed E-state index contributed by atoms with van der Waals surface area (Å²) in [5.41, 5.74) is 2.31. The van der Waals surface area contributed by atoms with Gasteiger partial charge in [0.15, 0.2) is 0 Å². The lowest BCUT2D eigenvalue weighted by atomic mass is 10.1.